The predicted molar refractivity (Wildman–Crippen MR) is 45.5 cm³/mol. The molecule has 0 fully saturated rings. The molecule has 12 heavy (non-hydrogen) atoms. The van der Waals surface area contributed by atoms with Crippen molar-refractivity contribution in [1.82, 2.24) is 4.98 Å². The molecule has 1 heterocycles. The molecule has 0 aliphatic heterocycles. The molecule has 1 aromatic heterocycles. The SMILES string of the molecule is N#CC1CCCc2ccncc21. The fourth-order valence-electron chi connectivity index (χ4n) is 1.76. The maximum Gasteiger partial charge on any atom is 0.0730 e. The predicted octanol–water partition coefficient (Wildman–Crippen LogP) is 2.03. The number of fused-ring (bicyclic) bond motifs is 1. The molecule has 2 nitrogen and oxygen atoms in total. The molecule has 2 rings (SSSR count). The molecule has 0 amide bonds. The second-order valence-electron chi connectivity index (χ2n) is 3.15. The highest BCUT2D eigenvalue weighted by Gasteiger charge is 2.18. The van der Waals surface area contributed by atoms with Crippen molar-refractivity contribution in [3.8, 4) is 6.07 Å². The molecular formula is C10H10N2. The molecule has 1 aliphatic rings. The second kappa shape index (κ2) is 2.94. The topological polar surface area (TPSA) is 36.7 Å². The average Bonchev–Trinajstić information content (AvgIpc) is 2.17. The number of aromatic nitrogens is 1. The van der Waals surface area contributed by atoms with Crippen molar-refractivity contribution in [3.63, 3.8) is 0 Å². The van der Waals surface area contributed by atoms with E-state index in [4.69, 9.17) is 5.26 Å². The quantitative estimate of drug-likeness (QED) is 0.579. The van der Waals surface area contributed by atoms with Crippen LogP contribution in [0.5, 0.6) is 0 Å². The van der Waals surface area contributed by atoms with Crippen LogP contribution in [-0.2, 0) is 6.42 Å². The van der Waals surface area contributed by atoms with Crippen molar-refractivity contribution >= 4 is 0 Å². The van der Waals surface area contributed by atoms with E-state index in [0.717, 1.165) is 24.8 Å². The van der Waals surface area contributed by atoms with Gasteiger partial charge in [-0.3, -0.25) is 4.98 Å². The minimum absolute atomic E-state index is 0.0856. The molecule has 1 aromatic rings. The zero-order chi connectivity index (χ0) is 8.39. The lowest BCUT2D eigenvalue weighted by Gasteiger charge is -2.18. The lowest BCUT2D eigenvalue weighted by atomic mass is 9.85. The number of hydrogen-bond acceptors (Lipinski definition) is 2. The summed E-state index contributed by atoms with van der Waals surface area (Å²) in [5.74, 6) is 0.0856. The van der Waals surface area contributed by atoms with Crippen LogP contribution in [-0.4, -0.2) is 4.98 Å². The van der Waals surface area contributed by atoms with Crippen molar-refractivity contribution in [1.29, 1.82) is 5.26 Å². The Balaban J connectivity index is 2.45. The molecule has 2 heteroatoms. The minimum Gasteiger partial charge on any atom is -0.264 e. The normalized spacial score (nSPS) is 21.1. The van der Waals surface area contributed by atoms with E-state index in [1.54, 1.807) is 6.20 Å². The largest absolute Gasteiger partial charge is 0.264 e. The van der Waals surface area contributed by atoms with E-state index in [9.17, 15) is 0 Å². The summed E-state index contributed by atoms with van der Waals surface area (Å²) in [6.45, 7) is 0. The Morgan fingerprint density at radius 3 is 3.33 bits per heavy atom. The lowest BCUT2D eigenvalue weighted by molar-refractivity contribution is 0.633. The van der Waals surface area contributed by atoms with Crippen LogP contribution >= 0.6 is 0 Å². The highest BCUT2D eigenvalue weighted by molar-refractivity contribution is 5.33. The monoisotopic (exact) mass is 158 g/mol. The van der Waals surface area contributed by atoms with Gasteiger partial charge < -0.3 is 0 Å². The summed E-state index contributed by atoms with van der Waals surface area (Å²) >= 11 is 0. The van der Waals surface area contributed by atoms with Crippen molar-refractivity contribution in [2.24, 2.45) is 0 Å². The van der Waals surface area contributed by atoms with E-state index >= 15 is 0 Å². The molecule has 1 atom stereocenters. The number of nitriles is 1. The molecular weight excluding hydrogens is 148 g/mol. The molecule has 0 saturated heterocycles. The first kappa shape index (κ1) is 7.30. The van der Waals surface area contributed by atoms with E-state index < -0.39 is 0 Å². The first-order valence-electron chi connectivity index (χ1n) is 4.24. The van der Waals surface area contributed by atoms with Crippen molar-refractivity contribution in [2.45, 2.75) is 25.2 Å². The lowest BCUT2D eigenvalue weighted by Crippen LogP contribution is -2.08. The van der Waals surface area contributed by atoms with Crippen LogP contribution in [0.4, 0.5) is 0 Å². The highest BCUT2D eigenvalue weighted by atomic mass is 14.6. The molecule has 0 radical (unpaired) electrons. The van der Waals surface area contributed by atoms with Gasteiger partial charge >= 0.3 is 0 Å². The van der Waals surface area contributed by atoms with Gasteiger partial charge in [-0.15, -0.1) is 0 Å². The smallest absolute Gasteiger partial charge is 0.0730 e. The summed E-state index contributed by atoms with van der Waals surface area (Å²) in [6.07, 6.45) is 6.88. The van der Waals surface area contributed by atoms with Gasteiger partial charge in [0.05, 0.1) is 12.0 Å². The molecule has 1 unspecified atom stereocenters. The van der Waals surface area contributed by atoms with Gasteiger partial charge in [-0.1, -0.05) is 0 Å². The maximum atomic E-state index is 8.86. The average molecular weight is 158 g/mol. The van der Waals surface area contributed by atoms with E-state index in [1.165, 1.54) is 5.56 Å². The molecule has 0 saturated carbocycles. The first-order chi connectivity index (χ1) is 5.92. The van der Waals surface area contributed by atoms with Crippen LogP contribution in [0.25, 0.3) is 0 Å². The Morgan fingerprint density at radius 2 is 2.50 bits per heavy atom. The van der Waals surface area contributed by atoms with E-state index in [1.807, 2.05) is 12.3 Å². The second-order valence-corrected chi connectivity index (χ2v) is 3.15. The Kier molecular flexibility index (Phi) is 1.79. The molecule has 0 spiro atoms. The van der Waals surface area contributed by atoms with Crippen molar-refractivity contribution in [3.05, 3.63) is 29.6 Å². The number of aryl methyl sites for hydroxylation is 1. The fraction of sp³-hybridized carbons (Fsp3) is 0.400. The van der Waals surface area contributed by atoms with Crippen LogP contribution in [0, 0.1) is 11.3 Å². The Morgan fingerprint density at radius 1 is 1.58 bits per heavy atom. The fourth-order valence-corrected chi connectivity index (χ4v) is 1.76. The Labute approximate surface area is 71.9 Å². The molecule has 0 bridgehead atoms. The molecule has 60 valence electrons. The zero-order valence-corrected chi connectivity index (χ0v) is 6.83. The summed E-state index contributed by atoms with van der Waals surface area (Å²) in [5, 5.41) is 8.86. The third kappa shape index (κ3) is 1.08. The van der Waals surface area contributed by atoms with Crippen molar-refractivity contribution in [2.75, 3.05) is 0 Å². The summed E-state index contributed by atoms with van der Waals surface area (Å²) in [5.41, 5.74) is 2.45. The van der Waals surface area contributed by atoms with E-state index in [2.05, 4.69) is 11.1 Å². The summed E-state index contributed by atoms with van der Waals surface area (Å²) in [7, 11) is 0. The van der Waals surface area contributed by atoms with Crippen LogP contribution in [0.2, 0.25) is 0 Å². The minimum atomic E-state index is 0.0856. The first-order valence-corrected chi connectivity index (χ1v) is 4.24. The van der Waals surface area contributed by atoms with Gasteiger partial charge in [-0.25, -0.2) is 0 Å². The highest BCUT2D eigenvalue weighted by Crippen LogP contribution is 2.29. The Bertz CT molecular complexity index is 325. The van der Waals surface area contributed by atoms with Crippen molar-refractivity contribution < 1.29 is 0 Å². The summed E-state index contributed by atoms with van der Waals surface area (Å²) in [4.78, 5) is 4.05. The zero-order valence-electron chi connectivity index (χ0n) is 6.83. The van der Waals surface area contributed by atoms with Gasteiger partial charge in [0.1, 0.15) is 0 Å². The molecule has 0 N–H and O–H groups in total. The maximum absolute atomic E-state index is 8.86. The number of rotatable bonds is 0. The van der Waals surface area contributed by atoms with E-state index in [0.29, 0.717) is 0 Å². The summed E-state index contributed by atoms with van der Waals surface area (Å²) < 4.78 is 0. The summed E-state index contributed by atoms with van der Waals surface area (Å²) in [6, 6.07) is 4.35. The van der Waals surface area contributed by atoms with Gasteiger partial charge in [0.2, 0.25) is 0 Å². The van der Waals surface area contributed by atoms with Crippen LogP contribution in [0.1, 0.15) is 29.9 Å². The van der Waals surface area contributed by atoms with Crippen LogP contribution < -0.4 is 0 Å². The number of hydrogen-bond donors (Lipinski definition) is 0. The van der Waals surface area contributed by atoms with Gasteiger partial charge in [-0.05, 0) is 36.5 Å². The molecule has 0 aromatic carbocycles. The number of nitrogens with zero attached hydrogens (tertiary/aromatic N) is 2. The van der Waals surface area contributed by atoms with Crippen LogP contribution in [0.15, 0.2) is 18.5 Å². The third-order valence-electron chi connectivity index (χ3n) is 2.42. The number of pyridine rings is 1. The molecule has 1 aliphatic carbocycles. The third-order valence-corrected chi connectivity index (χ3v) is 2.42. The Hall–Kier alpha value is -1.36. The van der Waals surface area contributed by atoms with Gasteiger partial charge in [0.15, 0.2) is 0 Å². The van der Waals surface area contributed by atoms with Gasteiger partial charge in [0.25, 0.3) is 0 Å². The van der Waals surface area contributed by atoms with Gasteiger partial charge in [-0.2, -0.15) is 5.26 Å². The van der Waals surface area contributed by atoms with Gasteiger partial charge in [0, 0.05) is 12.4 Å². The van der Waals surface area contributed by atoms with E-state index in [-0.39, 0.29) is 5.92 Å². The standard InChI is InChI=1S/C10H10N2/c11-6-9-3-1-2-8-4-5-12-7-10(8)9/h4-5,7,9H,1-3H2. The van der Waals surface area contributed by atoms with Crippen LogP contribution in [0.3, 0.4) is 0 Å².